The Kier molecular flexibility index (Phi) is 4.99. The maximum absolute atomic E-state index is 11.8. The van der Waals surface area contributed by atoms with Crippen LogP contribution in [0.3, 0.4) is 0 Å². The third-order valence-corrected chi connectivity index (χ3v) is 3.14. The summed E-state index contributed by atoms with van der Waals surface area (Å²) in [5.74, 6) is -0.652. The normalized spacial score (nSPS) is 10.1. The second-order valence-electron chi connectivity index (χ2n) is 4.15. The van der Waals surface area contributed by atoms with E-state index >= 15 is 0 Å². The Labute approximate surface area is 129 Å². The molecule has 0 bridgehead atoms. The van der Waals surface area contributed by atoms with E-state index in [1.165, 1.54) is 18.4 Å². The fourth-order valence-electron chi connectivity index (χ4n) is 1.64. The van der Waals surface area contributed by atoms with Crippen molar-refractivity contribution in [3.8, 4) is 5.75 Å². The van der Waals surface area contributed by atoms with Crippen molar-refractivity contribution in [2.45, 2.75) is 0 Å². The lowest BCUT2D eigenvalue weighted by atomic mass is 10.2. The van der Waals surface area contributed by atoms with Crippen molar-refractivity contribution in [2.24, 2.45) is 0 Å². The van der Waals surface area contributed by atoms with Gasteiger partial charge in [-0.15, -0.1) is 0 Å². The van der Waals surface area contributed by atoms with E-state index in [0.717, 1.165) is 0 Å². The number of nitrogens with one attached hydrogen (secondary N) is 2. The molecule has 2 amide bonds. The number of hydrogen-bond acceptors (Lipinski definition) is 4. The molecule has 1 aromatic carbocycles. The number of phenolic OH excluding ortho intramolecular Hbond substituents is 1. The van der Waals surface area contributed by atoms with Crippen LogP contribution in [0.2, 0.25) is 0 Å². The summed E-state index contributed by atoms with van der Waals surface area (Å²) in [5, 5.41) is 14.9. The van der Waals surface area contributed by atoms with Crippen LogP contribution in [-0.4, -0.2) is 30.0 Å². The molecule has 21 heavy (non-hydrogen) atoms. The SMILES string of the molecule is O=C(NCCNC(=O)c1ccc(Br)cc1O)c1ccco1. The molecular formula is C14H13BrN2O4. The summed E-state index contributed by atoms with van der Waals surface area (Å²) in [6.07, 6.45) is 1.41. The van der Waals surface area contributed by atoms with E-state index < -0.39 is 5.91 Å². The number of furan rings is 1. The van der Waals surface area contributed by atoms with Crippen molar-refractivity contribution < 1.29 is 19.1 Å². The summed E-state index contributed by atoms with van der Waals surface area (Å²) >= 11 is 3.20. The molecule has 0 spiro atoms. The van der Waals surface area contributed by atoms with Gasteiger partial charge >= 0.3 is 0 Å². The van der Waals surface area contributed by atoms with Gasteiger partial charge in [-0.2, -0.15) is 0 Å². The molecule has 110 valence electrons. The minimum atomic E-state index is -0.410. The van der Waals surface area contributed by atoms with Crippen molar-refractivity contribution in [2.75, 3.05) is 13.1 Å². The zero-order chi connectivity index (χ0) is 15.2. The Hall–Kier alpha value is -2.28. The Bertz CT molecular complexity index is 640. The topological polar surface area (TPSA) is 91.6 Å². The van der Waals surface area contributed by atoms with Crippen LogP contribution in [-0.2, 0) is 0 Å². The quantitative estimate of drug-likeness (QED) is 0.716. The Morgan fingerprint density at radius 1 is 1.14 bits per heavy atom. The molecule has 0 unspecified atom stereocenters. The molecule has 0 fully saturated rings. The van der Waals surface area contributed by atoms with Crippen molar-refractivity contribution in [3.05, 3.63) is 52.4 Å². The van der Waals surface area contributed by atoms with E-state index in [0.29, 0.717) is 4.47 Å². The van der Waals surface area contributed by atoms with Gasteiger partial charge in [0.15, 0.2) is 5.76 Å². The number of benzene rings is 1. The highest BCUT2D eigenvalue weighted by molar-refractivity contribution is 9.10. The van der Waals surface area contributed by atoms with Gasteiger partial charge in [0, 0.05) is 17.6 Å². The summed E-state index contributed by atoms with van der Waals surface area (Å²) in [6.45, 7) is 0.489. The molecule has 0 saturated carbocycles. The average Bonchev–Trinajstić information content (AvgIpc) is 2.97. The van der Waals surface area contributed by atoms with Crippen LogP contribution in [0.4, 0.5) is 0 Å². The molecule has 0 saturated heterocycles. The first-order chi connectivity index (χ1) is 10.1. The molecular weight excluding hydrogens is 340 g/mol. The fourth-order valence-corrected chi connectivity index (χ4v) is 1.99. The number of phenols is 1. The molecule has 1 heterocycles. The molecule has 6 nitrogen and oxygen atoms in total. The van der Waals surface area contributed by atoms with Crippen LogP contribution in [0.5, 0.6) is 5.75 Å². The molecule has 7 heteroatoms. The number of carbonyl (C=O) groups excluding carboxylic acids is 2. The van der Waals surface area contributed by atoms with Crippen LogP contribution in [0.25, 0.3) is 0 Å². The molecule has 3 N–H and O–H groups in total. The molecule has 0 aliphatic heterocycles. The smallest absolute Gasteiger partial charge is 0.287 e. The molecule has 0 aliphatic carbocycles. The van der Waals surface area contributed by atoms with Gasteiger partial charge in [-0.3, -0.25) is 9.59 Å². The van der Waals surface area contributed by atoms with E-state index in [2.05, 4.69) is 26.6 Å². The van der Waals surface area contributed by atoms with E-state index in [-0.39, 0.29) is 36.1 Å². The minimum absolute atomic E-state index is 0.110. The predicted molar refractivity (Wildman–Crippen MR) is 79.2 cm³/mol. The first-order valence-corrected chi connectivity index (χ1v) is 6.95. The number of amides is 2. The summed E-state index contributed by atoms with van der Waals surface area (Å²) < 4.78 is 5.62. The van der Waals surface area contributed by atoms with Crippen molar-refractivity contribution in [1.29, 1.82) is 0 Å². The van der Waals surface area contributed by atoms with Gasteiger partial charge in [0.25, 0.3) is 11.8 Å². The third kappa shape index (κ3) is 4.09. The Morgan fingerprint density at radius 2 is 1.86 bits per heavy atom. The average molecular weight is 353 g/mol. The van der Waals surface area contributed by atoms with Gasteiger partial charge in [0.2, 0.25) is 0 Å². The third-order valence-electron chi connectivity index (χ3n) is 2.65. The van der Waals surface area contributed by atoms with Crippen LogP contribution >= 0.6 is 15.9 Å². The maximum atomic E-state index is 11.8. The van der Waals surface area contributed by atoms with Gasteiger partial charge in [0.05, 0.1) is 11.8 Å². The highest BCUT2D eigenvalue weighted by Gasteiger charge is 2.11. The largest absolute Gasteiger partial charge is 0.507 e. The first kappa shape index (κ1) is 15.1. The zero-order valence-electron chi connectivity index (χ0n) is 10.9. The summed E-state index contributed by atoms with van der Waals surface area (Å²) in [7, 11) is 0. The molecule has 0 aliphatic rings. The maximum Gasteiger partial charge on any atom is 0.287 e. The van der Waals surface area contributed by atoms with Crippen LogP contribution in [0.1, 0.15) is 20.9 Å². The van der Waals surface area contributed by atoms with E-state index in [1.54, 1.807) is 18.2 Å². The lowest BCUT2D eigenvalue weighted by molar-refractivity contribution is 0.0909. The van der Waals surface area contributed by atoms with Crippen LogP contribution in [0.15, 0.2) is 45.5 Å². The van der Waals surface area contributed by atoms with E-state index in [1.807, 2.05) is 0 Å². The van der Waals surface area contributed by atoms with Gasteiger partial charge < -0.3 is 20.2 Å². The molecule has 2 rings (SSSR count). The standard InChI is InChI=1S/C14H13BrN2O4/c15-9-3-4-10(11(18)8-9)13(19)16-5-6-17-14(20)12-2-1-7-21-12/h1-4,7-8,18H,5-6H2,(H,16,19)(H,17,20). The van der Waals surface area contributed by atoms with Crippen molar-refractivity contribution in [1.82, 2.24) is 10.6 Å². The Morgan fingerprint density at radius 3 is 2.48 bits per heavy atom. The second kappa shape index (κ2) is 6.94. The zero-order valence-corrected chi connectivity index (χ0v) is 12.5. The van der Waals surface area contributed by atoms with Crippen LogP contribution in [0, 0.1) is 0 Å². The first-order valence-electron chi connectivity index (χ1n) is 6.16. The van der Waals surface area contributed by atoms with E-state index in [9.17, 15) is 14.7 Å². The van der Waals surface area contributed by atoms with Gasteiger partial charge in [-0.05, 0) is 30.3 Å². The second-order valence-corrected chi connectivity index (χ2v) is 5.07. The molecule has 1 aromatic heterocycles. The van der Waals surface area contributed by atoms with E-state index in [4.69, 9.17) is 4.42 Å². The monoisotopic (exact) mass is 352 g/mol. The highest BCUT2D eigenvalue weighted by atomic mass is 79.9. The predicted octanol–water partition coefficient (Wildman–Crippen LogP) is 1.91. The molecule has 2 aromatic rings. The minimum Gasteiger partial charge on any atom is -0.507 e. The number of carbonyl (C=O) groups is 2. The van der Waals surface area contributed by atoms with Gasteiger partial charge in [-0.25, -0.2) is 0 Å². The number of rotatable bonds is 5. The summed E-state index contributed by atoms with van der Waals surface area (Å²) in [5.41, 5.74) is 0.176. The van der Waals surface area contributed by atoms with Crippen molar-refractivity contribution in [3.63, 3.8) is 0 Å². The van der Waals surface area contributed by atoms with Gasteiger partial charge in [-0.1, -0.05) is 15.9 Å². The van der Waals surface area contributed by atoms with Crippen molar-refractivity contribution >= 4 is 27.7 Å². The number of halogens is 1. The summed E-state index contributed by atoms with van der Waals surface area (Å²) in [6, 6.07) is 7.78. The molecule has 0 radical (unpaired) electrons. The fraction of sp³-hybridized carbons (Fsp3) is 0.143. The lowest BCUT2D eigenvalue weighted by Gasteiger charge is -2.07. The van der Waals surface area contributed by atoms with Gasteiger partial charge in [0.1, 0.15) is 5.75 Å². The number of aromatic hydroxyl groups is 1. The summed E-state index contributed by atoms with van der Waals surface area (Å²) in [4.78, 5) is 23.4. The Balaban J connectivity index is 1.78. The van der Waals surface area contributed by atoms with Crippen LogP contribution < -0.4 is 10.6 Å². The highest BCUT2D eigenvalue weighted by Crippen LogP contribution is 2.21. The lowest BCUT2D eigenvalue weighted by Crippen LogP contribution is -2.34. The molecule has 0 atom stereocenters. The number of hydrogen-bond donors (Lipinski definition) is 3.